The van der Waals surface area contributed by atoms with Crippen LogP contribution in [0.1, 0.15) is 24.2 Å². The van der Waals surface area contributed by atoms with Crippen LogP contribution < -0.4 is 4.90 Å². The van der Waals surface area contributed by atoms with E-state index < -0.39 is 11.0 Å². The van der Waals surface area contributed by atoms with E-state index in [-0.39, 0.29) is 5.69 Å². The molecule has 2 aromatic carbocycles. The van der Waals surface area contributed by atoms with Gasteiger partial charge in [0.2, 0.25) is 0 Å². The van der Waals surface area contributed by atoms with Crippen molar-refractivity contribution in [2.24, 2.45) is 0 Å². The zero-order valence-electron chi connectivity index (χ0n) is 12.3. The number of aliphatic hydroxyl groups excluding tert-OH is 1. The molecule has 0 aromatic heterocycles. The van der Waals surface area contributed by atoms with Crippen LogP contribution in [0.3, 0.4) is 0 Å². The molecule has 110 valence electrons. The number of benzene rings is 2. The van der Waals surface area contributed by atoms with E-state index in [9.17, 15) is 15.2 Å². The minimum absolute atomic E-state index is 0.0172. The molecule has 5 nitrogen and oxygen atoms in total. The van der Waals surface area contributed by atoms with E-state index in [4.69, 9.17) is 0 Å². The predicted octanol–water partition coefficient (Wildman–Crippen LogP) is 3.72. The van der Waals surface area contributed by atoms with Gasteiger partial charge in [-0.05, 0) is 37.6 Å². The number of nitro benzene ring substituents is 1. The molecule has 1 atom stereocenters. The molecular weight excluding hydrogens is 268 g/mol. The van der Waals surface area contributed by atoms with Crippen LogP contribution in [0.5, 0.6) is 0 Å². The van der Waals surface area contributed by atoms with Gasteiger partial charge in [0.1, 0.15) is 5.69 Å². The van der Waals surface area contributed by atoms with E-state index >= 15 is 0 Å². The molecule has 2 rings (SSSR count). The first-order chi connectivity index (χ1) is 9.90. The highest BCUT2D eigenvalue weighted by atomic mass is 16.6. The highest BCUT2D eigenvalue weighted by molar-refractivity contribution is 5.72. The second-order valence-electron chi connectivity index (χ2n) is 5.08. The summed E-state index contributed by atoms with van der Waals surface area (Å²) in [6.07, 6.45) is -0.734. The molecule has 0 saturated carbocycles. The predicted molar refractivity (Wildman–Crippen MR) is 83.0 cm³/mol. The van der Waals surface area contributed by atoms with Crippen LogP contribution in [0.25, 0.3) is 0 Å². The minimum Gasteiger partial charge on any atom is -0.389 e. The zero-order chi connectivity index (χ0) is 15.6. The maximum absolute atomic E-state index is 11.3. The van der Waals surface area contributed by atoms with E-state index in [0.717, 1.165) is 11.3 Å². The summed E-state index contributed by atoms with van der Waals surface area (Å²) in [5.74, 6) is 0. The first-order valence-electron chi connectivity index (χ1n) is 6.67. The van der Waals surface area contributed by atoms with Gasteiger partial charge in [-0.2, -0.15) is 0 Å². The molecule has 0 radical (unpaired) electrons. The first-order valence-corrected chi connectivity index (χ1v) is 6.67. The van der Waals surface area contributed by atoms with Crippen molar-refractivity contribution < 1.29 is 10.0 Å². The van der Waals surface area contributed by atoms with E-state index in [2.05, 4.69) is 0 Å². The lowest BCUT2D eigenvalue weighted by atomic mass is 10.1. The van der Waals surface area contributed by atoms with Crippen molar-refractivity contribution in [3.8, 4) is 0 Å². The molecule has 2 aromatic rings. The van der Waals surface area contributed by atoms with Crippen LogP contribution in [0, 0.1) is 17.0 Å². The Labute approximate surface area is 123 Å². The van der Waals surface area contributed by atoms with Crippen molar-refractivity contribution in [3.63, 3.8) is 0 Å². The number of nitrogens with zero attached hydrogens (tertiary/aromatic N) is 2. The van der Waals surface area contributed by atoms with Crippen molar-refractivity contribution in [2.45, 2.75) is 20.0 Å². The van der Waals surface area contributed by atoms with E-state index in [1.165, 1.54) is 6.07 Å². The molecule has 0 unspecified atom stereocenters. The summed E-state index contributed by atoms with van der Waals surface area (Å²) < 4.78 is 0. The lowest BCUT2D eigenvalue weighted by Crippen LogP contribution is -2.12. The summed E-state index contributed by atoms with van der Waals surface area (Å²) in [7, 11) is 1.79. The van der Waals surface area contributed by atoms with Crippen LogP contribution in [-0.2, 0) is 0 Å². The van der Waals surface area contributed by atoms with Gasteiger partial charge in [-0.25, -0.2) is 0 Å². The van der Waals surface area contributed by atoms with Gasteiger partial charge in [-0.15, -0.1) is 0 Å². The molecule has 1 N–H and O–H groups in total. The van der Waals surface area contributed by atoms with Crippen molar-refractivity contribution >= 4 is 17.1 Å². The Morgan fingerprint density at radius 2 is 1.81 bits per heavy atom. The third-order valence-corrected chi connectivity index (χ3v) is 3.46. The van der Waals surface area contributed by atoms with Gasteiger partial charge in [-0.3, -0.25) is 10.1 Å². The fourth-order valence-corrected chi connectivity index (χ4v) is 2.14. The molecule has 0 aliphatic carbocycles. The summed E-state index contributed by atoms with van der Waals surface area (Å²) in [5.41, 5.74) is 3.01. The molecule has 5 heteroatoms. The largest absolute Gasteiger partial charge is 0.389 e. The molecular formula is C16H18N2O3. The topological polar surface area (TPSA) is 66.6 Å². The molecule has 0 amide bonds. The van der Waals surface area contributed by atoms with Crippen molar-refractivity contribution in [2.75, 3.05) is 11.9 Å². The lowest BCUT2D eigenvalue weighted by molar-refractivity contribution is -0.384. The van der Waals surface area contributed by atoms with Crippen molar-refractivity contribution in [3.05, 3.63) is 63.7 Å². The smallest absolute Gasteiger partial charge is 0.293 e. The summed E-state index contributed by atoms with van der Waals surface area (Å²) in [4.78, 5) is 12.6. The Bertz CT molecular complexity index is 651. The Kier molecular flexibility index (Phi) is 4.23. The van der Waals surface area contributed by atoms with E-state index in [1.54, 1.807) is 31.0 Å². The zero-order valence-corrected chi connectivity index (χ0v) is 12.3. The van der Waals surface area contributed by atoms with Crippen molar-refractivity contribution in [1.29, 1.82) is 0 Å². The number of hydrogen-bond acceptors (Lipinski definition) is 4. The van der Waals surface area contributed by atoms with Crippen LogP contribution >= 0.6 is 0 Å². The second kappa shape index (κ2) is 5.93. The fourth-order valence-electron chi connectivity index (χ4n) is 2.14. The van der Waals surface area contributed by atoms with Gasteiger partial charge >= 0.3 is 0 Å². The van der Waals surface area contributed by atoms with Crippen LogP contribution in [0.4, 0.5) is 17.1 Å². The molecule has 0 aliphatic heterocycles. The molecule has 0 aliphatic rings. The van der Waals surface area contributed by atoms with Gasteiger partial charge < -0.3 is 10.0 Å². The summed E-state index contributed by atoms with van der Waals surface area (Å²) in [6, 6.07) is 12.6. The monoisotopic (exact) mass is 286 g/mol. The Balaban J connectivity index is 2.47. The second-order valence-corrected chi connectivity index (χ2v) is 5.08. The van der Waals surface area contributed by atoms with Gasteiger partial charge in [0.05, 0.1) is 11.0 Å². The van der Waals surface area contributed by atoms with E-state index in [0.29, 0.717) is 11.3 Å². The average Bonchev–Trinajstić information content (AvgIpc) is 2.46. The summed E-state index contributed by atoms with van der Waals surface area (Å²) >= 11 is 0. The first kappa shape index (κ1) is 15.0. The maximum Gasteiger partial charge on any atom is 0.293 e. The maximum atomic E-state index is 11.3. The Morgan fingerprint density at radius 3 is 2.33 bits per heavy atom. The molecule has 0 saturated heterocycles. The van der Waals surface area contributed by atoms with Gasteiger partial charge in [0.25, 0.3) is 5.69 Å². The van der Waals surface area contributed by atoms with Crippen LogP contribution in [-0.4, -0.2) is 17.1 Å². The minimum atomic E-state index is -0.734. The molecule has 0 bridgehead atoms. The quantitative estimate of drug-likeness (QED) is 0.687. The number of anilines is 2. The molecule has 0 spiro atoms. The number of rotatable bonds is 4. The number of nitro groups is 1. The third kappa shape index (κ3) is 3.20. The third-order valence-electron chi connectivity index (χ3n) is 3.46. The normalized spacial score (nSPS) is 12.0. The highest BCUT2D eigenvalue weighted by Crippen LogP contribution is 2.34. The summed E-state index contributed by atoms with van der Waals surface area (Å²) in [6.45, 7) is 3.58. The molecule has 0 heterocycles. The van der Waals surface area contributed by atoms with Gasteiger partial charge in [-0.1, -0.05) is 23.8 Å². The standard InChI is InChI=1S/C16H18N2O3/c1-11-4-7-14(8-5-11)17(3)15-9-6-13(12(2)19)10-16(15)18(20)21/h4-10,12,19H,1-3H3/t12-/m1/s1. The molecule has 21 heavy (non-hydrogen) atoms. The number of aliphatic hydroxyl groups is 1. The van der Waals surface area contributed by atoms with Gasteiger partial charge in [0.15, 0.2) is 0 Å². The van der Waals surface area contributed by atoms with Crippen molar-refractivity contribution in [1.82, 2.24) is 0 Å². The van der Waals surface area contributed by atoms with Crippen LogP contribution in [0.15, 0.2) is 42.5 Å². The number of aryl methyl sites for hydroxylation is 1. The highest BCUT2D eigenvalue weighted by Gasteiger charge is 2.20. The average molecular weight is 286 g/mol. The fraction of sp³-hybridized carbons (Fsp3) is 0.250. The Morgan fingerprint density at radius 1 is 1.19 bits per heavy atom. The van der Waals surface area contributed by atoms with E-state index in [1.807, 2.05) is 31.2 Å². The van der Waals surface area contributed by atoms with Crippen LogP contribution in [0.2, 0.25) is 0 Å². The van der Waals surface area contributed by atoms with Gasteiger partial charge in [0, 0.05) is 18.8 Å². The summed E-state index contributed by atoms with van der Waals surface area (Å²) in [5, 5.41) is 20.9. The Hall–Kier alpha value is -2.40. The lowest BCUT2D eigenvalue weighted by Gasteiger charge is -2.20. The number of hydrogen-bond donors (Lipinski definition) is 1. The molecule has 0 fully saturated rings. The SMILES string of the molecule is Cc1ccc(N(C)c2ccc([C@@H](C)O)cc2[N+](=O)[O-])cc1.